The lowest BCUT2D eigenvalue weighted by Gasteiger charge is -2.25. The van der Waals surface area contributed by atoms with E-state index >= 15 is 26.3 Å². The Balaban J connectivity index is 1.28. The zero-order valence-corrected chi connectivity index (χ0v) is 33.0. The SMILES string of the molecule is CC1=CC(C)=N/C1=C(/c1ccc(C#Cc2cc(C3=C(c4cc(C#Cc5ccccc5)sc4C)C(F)(F)C(F)(F)C3(F)F)c(C)s2)cc1)c1c(C)cc(C)n1B(F)F. The van der Waals surface area contributed by atoms with E-state index in [4.69, 9.17) is 0 Å². The first-order chi connectivity index (χ1) is 26.8. The first kappa shape index (κ1) is 39.9. The fourth-order valence-corrected chi connectivity index (χ4v) is 8.99. The van der Waals surface area contributed by atoms with Gasteiger partial charge in [-0.1, -0.05) is 54.0 Å². The van der Waals surface area contributed by atoms with E-state index in [1.165, 1.54) is 13.8 Å². The molecule has 288 valence electrons. The molecule has 0 fully saturated rings. The molecule has 0 amide bonds. The van der Waals surface area contributed by atoms with Crippen LogP contribution in [-0.4, -0.2) is 35.4 Å². The average Bonchev–Trinajstić information content (AvgIpc) is 3.90. The molecule has 5 aromatic rings. The van der Waals surface area contributed by atoms with Crippen LogP contribution in [0.1, 0.15) is 78.1 Å². The molecule has 0 N–H and O–H groups in total. The number of aromatic nitrogens is 1. The Kier molecular flexibility index (Phi) is 10.2. The van der Waals surface area contributed by atoms with Gasteiger partial charge in [0.2, 0.25) is 0 Å². The predicted octanol–water partition coefficient (Wildman–Crippen LogP) is 12.4. The van der Waals surface area contributed by atoms with Crippen LogP contribution in [0.4, 0.5) is 35.0 Å². The van der Waals surface area contributed by atoms with Gasteiger partial charge in [0, 0.05) is 54.7 Å². The first-order valence-corrected chi connectivity index (χ1v) is 19.2. The number of thiophene rings is 2. The van der Waals surface area contributed by atoms with Crippen molar-refractivity contribution in [3.05, 3.63) is 154 Å². The molecule has 0 radical (unpaired) electrons. The monoisotopic (exact) mass is 814 g/mol. The third kappa shape index (κ3) is 6.81. The van der Waals surface area contributed by atoms with Gasteiger partial charge in [-0.25, -0.2) is 0 Å². The van der Waals surface area contributed by atoms with E-state index in [1.54, 1.807) is 74.5 Å². The maximum absolute atomic E-state index is 15.7. The van der Waals surface area contributed by atoms with Crippen molar-refractivity contribution in [1.29, 1.82) is 0 Å². The number of allylic oxidation sites excluding steroid dienone is 4. The van der Waals surface area contributed by atoms with E-state index in [-0.39, 0.29) is 19.5 Å². The molecule has 0 saturated heterocycles. The van der Waals surface area contributed by atoms with Crippen LogP contribution in [0.25, 0.3) is 16.7 Å². The fourth-order valence-electron chi connectivity index (χ4n) is 7.23. The molecule has 57 heavy (non-hydrogen) atoms. The molecular weight excluding hydrogens is 783 g/mol. The molecule has 2 aliphatic rings. The quantitative estimate of drug-likeness (QED) is 0.0955. The minimum Gasteiger partial charge on any atom is -0.329 e. The van der Waals surface area contributed by atoms with Gasteiger partial charge in [0.1, 0.15) is 0 Å². The second-order valence-corrected chi connectivity index (χ2v) is 16.4. The van der Waals surface area contributed by atoms with Crippen LogP contribution in [0.5, 0.6) is 0 Å². The van der Waals surface area contributed by atoms with Gasteiger partial charge in [-0.15, -0.1) is 22.7 Å². The van der Waals surface area contributed by atoms with Crippen molar-refractivity contribution in [2.45, 2.75) is 59.3 Å². The third-order valence-electron chi connectivity index (χ3n) is 9.82. The van der Waals surface area contributed by atoms with Crippen molar-refractivity contribution in [3.63, 3.8) is 0 Å². The van der Waals surface area contributed by atoms with Crippen LogP contribution in [-0.2, 0) is 0 Å². The van der Waals surface area contributed by atoms with Crippen molar-refractivity contribution in [2.75, 3.05) is 0 Å². The summed E-state index contributed by atoms with van der Waals surface area (Å²) in [6.07, 6.45) is 1.87. The number of rotatable bonds is 5. The first-order valence-electron chi connectivity index (χ1n) is 17.6. The van der Waals surface area contributed by atoms with E-state index in [0.29, 0.717) is 44.9 Å². The zero-order chi connectivity index (χ0) is 41.2. The number of nitrogens with zero attached hydrogens (tertiary/aromatic N) is 2. The highest BCUT2D eigenvalue weighted by atomic mass is 32.1. The lowest BCUT2D eigenvalue weighted by molar-refractivity contribution is -0.254. The van der Waals surface area contributed by atoms with Gasteiger partial charge in [-0.3, -0.25) is 13.6 Å². The molecule has 4 heterocycles. The van der Waals surface area contributed by atoms with E-state index < -0.39 is 47.4 Å². The third-order valence-corrected chi connectivity index (χ3v) is 11.8. The van der Waals surface area contributed by atoms with Gasteiger partial charge in [0.05, 0.1) is 15.5 Å². The Labute approximate surface area is 333 Å². The lowest BCUT2D eigenvalue weighted by atomic mass is 9.94. The normalized spacial score (nSPS) is 17.4. The molecular formula is C44H31BF8N2S2. The van der Waals surface area contributed by atoms with Gasteiger partial charge in [-0.05, 0) is 118 Å². The minimum atomic E-state index is -5.71. The smallest absolute Gasteiger partial charge is 0.329 e. The van der Waals surface area contributed by atoms with Crippen molar-refractivity contribution in [1.82, 2.24) is 4.48 Å². The average molecular weight is 815 g/mol. The van der Waals surface area contributed by atoms with Crippen LogP contribution in [0.3, 0.4) is 0 Å². The molecule has 3 aromatic heterocycles. The summed E-state index contributed by atoms with van der Waals surface area (Å²) < 4.78 is 123. The molecule has 13 heteroatoms. The number of aliphatic imine (C=N–C) groups is 1. The second kappa shape index (κ2) is 14.5. The minimum absolute atomic E-state index is 0.104. The summed E-state index contributed by atoms with van der Waals surface area (Å²) >= 11 is 1.86. The second-order valence-electron chi connectivity index (χ2n) is 13.8. The molecule has 1 aliphatic heterocycles. The molecule has 7 rings (SSSR count). The molecule has 0 saturated carbocycles. The number of halogens is 8. The Hall–Kier alpha value is -5.37. The van der Waals surface area contributed by atoms with Crippen LogP contribution >= 0.6 is 22.7 Å². The molecule has 0 unspecified atom stereocenters. The fraction of sp³-hybridized carbons (Fsp3) is 0.205. The highest BCUT2D eigenvalue weighted by molar-refractivity contribution is 7.13. The molecule has 2 aromatic carbocycles. The van der Waals surface area contributed by atoms with E-state index in [9.17, 15) is 8.63 Å². The summed E-state index contributed by atoms with van der Waals surface area (Å²) in [5.41, 5.74) is 1.90. The zero-order valence-electron chi connectivity index (χ0n) is 31.3. The number of hydrogen-bond acceptors (Lipinski definition) is 3. The highest BCUT2D eigenvalue weighted by Crippen LogP contribution is 2.65. The van der Waals surface area contributed by atoms with Crippen molar-refractivity contribution in [3.8, 4) is 23.7 Å². The topological polar surface area (TPSA) is 17.3 Å². The van der Waals surface area contributed by atoms with Crippen LogP contribution in [0.2, 0.25) is 0 Å². The summed E-state index contributed by atoms with van der Waals surface area (Å²) in [5.74, 6) is -4.63. The van der Waals surface area contributed by atoms with Gasteiger partial charge < -0.3 is 4.48 Å². The van der Waals surface area contributed by atoms with E-state index in [2.05, 4.69) is 28.7 Å². The largest absolute Gasteiger partial charge is 0.677 e. The van der Waals surface area contributed by atoms with Gasteiger partial charge >= 0.3 is 25.2 Å². The van der Waals surface area contributed by atoms with Crippen molar-refractivity contribution < 1.29 is 35.0 Å². The highest BCUT2D eigenvalue weighted by Gasteiger charge is 2.80. The van der Waals surface area contributed by atoms with Crippen molar-refractivity contribution in [2.24, 2.45) is 4.99 Å². The van der Waals surface area contributed by atoms with Gasteiger partial charge in [0.15, 0.2) is 0 Å². The summed E-state index contributed by atoms with van der Waals surface area (Å²) in [5, 5.41) is 0. The van der Waals surface area contributed by atoms with Crippen LogP contribution in [0, 0.1) is 51.4 Å². The molecule has 2 nitrogen and oxygen atoms in total. The Morgan fingerprint density at radius 1 is 0.667 bits per heavy atom. The van der Waals surface area contributed by atoms with Crippen LogP contribution < -0.4 is 0 Å². The number of benzene rings is 2. The maximum atomic E-state index is 15.7. The molecule has 1 aliphatic carbocycles. The summed E-state index contributed by atoms with van der Waals surface area (Å²) in [6.45, 7) is 9.84. The lowest BCUT2D eigenvalue weighted by Crippen LogP contribution is -2.48. The number of alkyl halides is 6. The summed E-state index contributed by atoms with van der Waals surface area (Å²) in [4.78, 5) is 5.33. The number of aryl methyl sites for hydroxylation is 4. The predicted molar refractivity (Wildman–Crippen MR) is 215 cm³/mol. The van der Waals surface area contributed by atoms with E-state index in [1.807, 2.05) is 19.9 Å². The van der Waals surface area contributed by atoms with Crippen molar-refractivity contribution >= 4 is 52.5 Å². The van der Waals surface area contributed by atoms with Gasteiger partial charge in [-0.2, -0.15) is 26.3 Å². The Morgan fingerprint density at radius 3 is 1.65 bits per heavy atom. The van der Waals surface area contributed by atoms with Crippen LogP contribution in [0.15, 0.2) is 95.1 Å². The molecule has 0 spiro atoms. The summed E-state index contributed by atoms with van der Waals surface area (Å²) in [6, 6.07) is 19.5. The molecule has 0 bridgehead atoms. The van der Waals surface area contributed by atoms with E-state index in [0.717, 1.165) is 50.6 Å². The Morgan fingerprint density at radius 2 is 1.18 bits per heavy atom. The standard InChI is InChI=1S/C44H31BF8N2S2/c1-24-20-26(3)54-40(24)37(41-25(2)21-27(4)55(41)45(52)53)32-16-12-31(13-17-32)15-19-34-23-36(29(6)57-34)39-38(42(46,47)44(50,51)43(39,48)49)35-22-33(56-28(35)5)18-14-30-10-8-7-9-11-30/h7-13,16-17,20-23H,1-6H3/b40-37-. The number of hydrogen-bond donors (Lipinski definition) is 0. The summed E-state index contributed by atoms with van der Waals surface area (Å²) in [7, 11) is -2.80. The molecule has 0 atom stereocenters. The maximum Gasteiger partial charge on any atom is 0.677 e. The Bertz CT molecular complexity index is 2700. The van der Waals surface area contributed by atoms with Gasteiger partial charge in [0.25, 0.3) is 0 Å².